The number of aromatic nitrogens is 2. The number of aryl methyl sites for hydroxylation is 2. The third kappa shape index (κ3) is 5.65. The Labute approximate surface area is 191 Å². The normalized spacial score (nSPS) is 15.1. The molecular weight excluding hydrogens is 396 g/mol. The average molecular weight is 431 g/mol. The predicted octanol–water partition coefficient (Wildman–Crippen LogP) is 4.89. The molecular formula is C27H34N4O. The van der Waals surface area contributed by atoms with Gasteiger partial charge >= 0.3 is 0 Å². The van der Waals surface area contributed by atoms with Gasteiger partial charge in [0.05, 0.1) is 11.4 Å². The second-order valence-corrected chi connectivity index (χ2v) is 9.14. The Kier molecular flexibility index (Phi) is 7.05. The van der Waals surface area contributed by atoms with Crippen LogP contribution in [0.15, 0.2) is 54.7 Å². The number of piperidine rings is 1. The summed E-state index contributed by atoms with van der Waals surface area (Å²) in [7, 11) is 0. The van der Waals surface area contributed by atoms with Gasteiger partial charge in [0.25, 0.3) is 0 Å². The Bertz CT molecular complexity index is 1050. The van der Waals surface area contributed by atoms with Crippen LogP contribution >= 0.6 is 0 Å². The topological polar surface area (TPSA) is 50.2 Å². The predicted molar refractivity (Wildman–Crippen MR) is 130 cm³/mol. The zero-order valence-corrected chi connectivity index (χ0v) is 19.5. The number of carbonyl (C=O) groups is 1. The first-order valence-electron chi connectivity index (χ1n) is 11.7. The van der Waals surface area contributed by atoms with Gasteiger partial charge in [0.2, 0.25) is 5.91 Å². The Hall–Kier alpha value is -2.92. The molecule has 1 aromatic heterocycles. The van der Waals surface area contributed by atoms with Crippen LogP contribution in [0.4, 0.5) is 0 Å². The summed E-state index contributed by atoms with van der Waals surface area (Å²) in [6.45, 7) is 9.71. The van der Waals surface area contributed by atoms with Crippen LogP contribution in [-0.2, 0) is 11.3 Å². The van der Waals surface area contributed by atoms with Gasteiger partial charge in [-0.3, -0.25) is 9.69 Å². The lowest BCUT2D eigenvalue weighted by Crippen LogP contribution is -2.34. The number of nitrogens with one attached hydrogen (secondary N) is 1. The van der Waals surface area contributed by atoms with E-state index in [0.717, 1.165) is 44.0 Å². The lowest BCUT2D eigenvalue weighted by atomic mass is 9.93. The molecule has 0 atom stereocenters. The Morgan fingerprint density at radius 1 is 1.06 bits per heavy atom. The molecule has 1 aliphatic rings. The highest BCUT2D eigenvalue weighted by molar-refractivity contribution is 5.72. The van der Waals surface area contributed by atoms with Gasteiger partial charge in [-0.05, 0) is 70.3 Å². The van der Waals surface area contributed by atoms with Crippen molar-refractivity contribution in [2.24, 2.45) is 5.92 Å². The Morgan fingerprint density at radius 3 is 2.50 bits per heavy atom. The van der Waals surface area contributed by atoms with E-state index < -0.39 is 0 Å². The third-order valence-corrected chi connectivity index (χ3v) is 6.41. The Morgan fingerprint density at radius 2 is 1.81 bits per heavy atom. The van der Waals surface area contributed by atoms with Crippen molar-refractivity contribution in [1.29, 1.82) is 0 Å². The van der Waals surface area contributed by atoms with E-state index in [-0.39, 0.29) is 5.91 Å². The van der Waals surface area contributed by atoms with Crippen LogP contribution in [0.2, 0.25) is 0 Å². The lowest BCUT2D eigenvalue weighted by Gasteiger charge is -2.32. The van der Waals surface area contributed by atoms with Crippen molar-refractivity contribution < 1.29 is 4.79 Å². The molecule has 1 saturated heterocycles. The van der Waals surface area contributed by atoms with Gasteiger partial charge < -0.3 is 5.32 Å². The van der Waals surface area contributed by atoms with Gasteiger partial charge in [-0.1, -0.05) is 41.5 Å². The molecule has 5 nitrogen and oxygen atoms in total. The van der Waals surface area contributed by atoms with Crippen molar-refractivity contribution in [2.45, 2.75) is 46.6 Å². The molecule has 2 heterocycles. The molecule has 4 rings (SSSR count). The van der Waals surface area contributed by atoms with E-state index >= 15 is 0 Å². The summed E-state index contributed by atoms with van der Waals surface area (Å²) in [6.07, 6.45) is 5.65. The molecule has 1 N–H and O–H groups in total. The maximum Gasteiger partial charge on any atom is 0.216 e. The van der Waals surface area contributed by atoms with Crippen LogP contribution in [0.5, 0.6) is 0 Å². The van der Waals surface area contributed by atoms with Crippen molar-refractivity contribution in [3.63, 3.8) is 0 Å². The summed E-state index contributed by atoms with van der Waals surface area (Å²) in [5, 5.41) is 7.94. The molecule has 0 aliphatic carbocycles. The Balaban J connectivity index is 1.50. The molecule has 0 saturated carbocycles. The molecule has 32 heavy (non-hydrogen) atoms. The standard InChI is InChI=1S/C27H34N4O/c1-20-7-9-26(10-8-20)31-19-25(27(29-31)24-6-4-5-21(2)17-24)18-30-15-12-23(13-16-30)11-14-28-22(3)32/h4-10,17,19,23H,11-16,18H2,1-3H3,(H,28,32). The van der Waals surface area contributed by atoms with Crippen LogP contribution in [0.1, 0.15) is 42.9 Å². The zero-order valence-electron chi connectivity index (χ0n) is 19.5. The van der Waals surface area contributed by atoms with E-state index in [1.165, 1.54) is 35.1 Å². The second kappa shape index (κ2) is 10.1. The number of benzene rings is 2. The van der Waals surface area contributed by atoms with Gasteiger partial charge in [0.15, 0.2) is 0 Å². The fourth-order valence-electron chi connectivity index (χ4n) is 4.52. The molecule has 0 radical (unpaired) electrons. The summed E-state index contributed by atoms with van der Waals surface area (Å²) in [6, 6.07) is 17.2. The van der Waals surface area contributed by atoms with E-state index in [9.17, 15) is 4.79 Å². The number of likely N-dealkylation sites (tertiary alicyclic amines) is 1. The van der Waals surface area contributed by atoms with Gasteiger partial charge in [0, 0.05) is 37.3 Å². The largest absolute Gasteiger partial charge is 0.356 e. The number of hydrogen-bond donors (Lipinski definition) is 1. The minimum Gasteiger partial charge on any atom is -0.356 e. The van der Waals surface area contributed by atoms with Gasteiger partial charge in [-0.15, -0.1) is 0 Å². The van der Waals surface area contributed by atoms with E-state index in [4.69, 9.17) is 5.10 Å². The SMILES string of the molecule is CC(=O)NCCC1CCN(Cc2cn(-c3ccc(C)cc3)nc2-c2cccc(C)c2)CC1. The molecule has 168 valence electrons. The van der Waals surface area contributed by atoms with Crippen LogP contribution in [0.25, 0.3) is 16.9 Å². The summed E-state index contributed by atoms with van der Waals surface area (Å²) >= 11 is 0. The maximum absolute atomic E-state index is 11.1. The van der Waals surface area contributed by atoms with Crippen molar-refractivity contribution in [3.8, 4) is 16.9 Å². The first kappa shape index (κ1) is 22.3. The van der Waals surface area contributed by atoms with Crippen LogP contribution in [0.3, 0.4) is 0 Å². The van der Waals surface area contributed by atoms with Gasteiger partial charge in [0.1, 0.15) is 0 Å². The van der Waals surface area contributed by atoms with E-state index in [0.29, 0.717) is 5.92 Å². The highest BCUT2D eigenvalue weighted by Gasteiger charge is 2.21. The monoisotopic (exact) mass is 430 g/mol. The van der Waals surface area contributed by atoms with Crippen LogP contribution < -0.4 is 5.32 Å². The van der Waals surface area contributed by atoms with Crippen molar-refractivity contribution in [1.82, 2.24) is 20.0 Å². The number of rotatable bonds is 7. The highest BCUT2D eigenvalue weighted by Crippen LogP contribution is 2.28. The molecule has 1 amide bonds. The fourth-order valence-corrected chi connectivity index (χ4v) is 4.52. The first-order chi connectivity index (χ1) is 15.5. The van der Waals surface area contributed by atoms with Gasteiger partial charge in [-0.25, -0.2) is 4.68 Å². The molecule has 2 aromatic carbocycles. The smallest absolute Gasteiger partial charge is 0.216 e. The highest BCUT2D eigenvalue weighted by atomic mass is 16.1. The van der Waals surface area contributed by atoms with Crippen LogP contribution in [0, 0.1) is 19.8 Å². The minimum absolute atomic E-state index is 0.0664. The second-order valence-electron chi connectivity index (χ2n) is 9.14. The maximum atomic E-state index is 11.1. The summed E-state index contributed by atoms with van der Waals surface area (Å²) in [5.41, 5.74) is 7.11. The first-order valence-corrected chi connectivity index (χ1v) is 11.7. The number of nitrogens with zero attached hydrogens (tertiary/aromatic N) is 3. The molecule has 3 aromatic rings. The van der Waals surface area contributed by atoms with Gasteiger partial charge in [-0.2, -0.15) is 5.10 Å². The molecule has 1 fully saturated rings. The number of amides is 1. The molecule has 0 bridgehead atoms. The quantitative estimate of drug-likeness (QED) is 0.580. The summed E-state index contributed by atoms with van der Waals surface area (Å²) < 4.78 is 2.02. The molecule has 5 heteroatoms. The summed E-state index contributed by atoms with van der Waals surface area (Å²) in [5.74, 6) is 0.765. The van der Waals surface area contributed by atoms with E-state index in [1.807, 2.05) is 4.68 Å². The fraction of sp³-hybridized carbons (Fsp3) is 0.407. The number of carbonyl (C=O) groups excluding carboxylic acids is 1. The summed E-state index contributed by atoms with van der Waals surface area (Å²) in [4.78, 5) is 13.7. The van der Waals surface area contributed by atoms with Crippen LogP contribution in [-0.4, -0.2) is 40.2 Å². The van der Waals surface area contributed by atoms with E-state index in [1.54, 1.807) is 6.92 Å². The van der Waals surface area contributed by atoms with Crippen molar-refractivity contribution in [3.05, 3.63) is 71.4 Å². The zero-order chi connectivity index (χ0) is 22.5. The average Bonchev–Trinajstić information content (AvgIpc) is 3.19. The lowest BCUT2D eigenvalue weighted by molar-refractivity contribution is -0.119. The molecule has 0 unspecified atom stereocenters. The molecule has 1 aliphatic heterocycles. The van der Waals surface area contributed by atoms with Crippen molar-refractivity contribution in [2.75, 3.05) is 19.6 Å². The molecule has 0 spiro atoms. The number of hydrogen-bond acceptors (Lipinski definition) is 3. The van der Waals surface area contributed by atoms with Crippen molar-refractivity contribution >= 4 is 5.91 Å². The van der Waals surface area contributed by atoms with E-state index in [2.05, 4.69) is 78.8 Å². The third-order valence-electron chi connectivity index (χ3n) is 6.41. The minimum atomic E-state index is 0.0664.